The molecule has 0 saturated carbocycles. The SMILES string of the molecule is CN1CCC(Nc2ccc(N)cc2)CC1.Cl. The number of anilines is 2. The van der Waals surface area contributed by atoms with E-state index in [4.69, 9.17) is 5.73 Å². The van der Waals surface area contributed by atoms with Gasteiger partial charge in [-0.15, -0.1) is 12.4 Å². The average molecular weight is 242 g/mol. The molecule has 1 aromatic rings. The van der Waals surface area contributed by atoms with Crippen LogP contribution in [0, 0.1) is 0 Å². The summed E-state index contributed by atoms with van der Waals surface area (Å²) in [6.45, 7) is 2.37. The van der Waals surface area contributed by atoms with Gasteiger partial charge in [-0.3, -0.25) is 0 Å². The van der Waals surface area contributed by atoms with Crippen molar-refractivity contribution in [3.63, 3.8) is 0 Å². The molecule has 0 radical (unpaired) electrons. The van der Waals surface area contributed by atoms with Crippen LogP contribution in [-0.4, -0.2) is 31.1 Å². The van der Waals surface area contributed by atoms with Gasteiger partial charge < -0.3 is 16.0 Å². The standard InChI is InChI=1S/C12H19N3.ClH/c1-15-8-6-12(7-9-15)14-11-4-2-10(13)3-5-11;/h2-5,12,14H,6-9,13H2,1H3;1H. The number of rotatable bonds is 2. The highest BCUT2D eigenvalue weighted by molar-refractivity contribution is 5.85. The Kier molecular flexibility index (Phi) is 4.90. The zero-order chi connectivity index (χ0) is 10.7. The molecular formula is C12H20ClN3. The normalized spacial score (nSPS) is 17.8. The molecule has 1 aromatic carbocycles. The molecule has 0 atom stereocenters. The van der Waals surface area contributed by atoms with Gasteiger partial charge in [-0.2, -0.15) is 0 Å². The lowest BCUT2D eigenvalue weighted by atomic mass is 10.1. The van der Waals surface area contributed by atoms with Crippen LogP contribution in [-0.2, 0) is 0 Å². The second-order valence-corrected chi connectivity index (χ2v) is 4.34. The van der Waals surface area contributed by atoms with E-state index in [1.165, 1.54) is 31.6 Å². The van der Waals surface area contributed by atoms with Crippen molar-refractivity contribution in [3.05, 3.63) is 24.3 Å². The van der Waals surface area contributed by atoms with E-state index in [-0.39, 0.29) is 12.4 Å². The second kappa shape index (κ2) is 5.97. The predicted molar refractivity (Wildman–Crippen MR) is 72.2 cm³/mol. The van der Waals surface area contributed by atoms with Gasteiger partial charge in [0.05, 0.1) is 0 Å². The number of hydrogen-bond donors (Lipinski definition) is 2. The lowest BCUT2D eigenvalue weighted by molar-refractivity contribution is 0.264. The first-order valence-electron chi connectivity index (χ1n) is 5.54. The van der Waals surface area contributed by atoms with Crippen molar-refractivity contribution in [1.29, 1.82) is 0 Å². The summed E-state index contributed by atoms with van der Waals surface area (Å²) in [5, 5.41) is 3.55. The van der Waals surface area contributed by atoms with Gasteiger partial charge in [0.1, 0.15) is 0 Å². The van der Waals surface area contributed by atoms with E-state index in [1.54, 1.807) is 0 Å². The highest BCUT2D eigenvalue weighted by Gasteiger charge is 2.15. The van der Waals surface area contributed by atoms with Gasteiger partial charge in [0.25, 0.3) is 0 Å². The molecule has 3 nitrogen and oxygen atoms in total. The lowest BCUT2D eigenvalue weighted by Gasteiger charge is -2.30. The third-order valence-electron chi connectivity index (χ3n) is 3.00. The molecule has 16 heavy (non-hydrogen) atoms. The fraction of sp³-hybridized carbons (Fsp3) is 0.500. The van der Waals surface area contributed by atoms with Crippen LogP contribution in [0.15, 0.2) is 24.3 Å². The van der Waals surface area contributed by atoms with Crippen molar-refractivity contribution in [3.8, 4) is 0 Å². The summed E-state index contributed by atoms with van der Waals surface area (Å²) in [6, 6.07) is 8.60. The van der Waals surface area contributed by atoms with Gasteiger partial charge in [-0.05, 0) is 57.2 Å². The van der Waals surface area contributed by atoms with Crippen LogP contribution in [0.2, 0.25) is 0 Å². The summed E-state index contributed by atoms with van der Waals surface area (Å²) in [7, 11) is 2.18. The molecule has 90 valence electrons. The molecule has 4 heteroatoms. The summed E-state index contributed by atoms with van der Waals surface area (Å²) in [4.78, 5) is 2.38. The third kappa shape index (κ3) is 3.58. The van der Waals surface area contributed by atoms with Gasteiger partial charge >= 0.3 is 0 Å². The molecule has 0 aliphatic carbocycles. The summed E-state index contributed by atoms with van der Waals surface area (Å²) < 4.78 is 0. The fourth-order valence-corrected chi connectivity index (χ4v) is 1.97. The summed E-state index contributed by atoms with van der Waals surface area (Å²) in [6.07, 6.45) is 2.45. The summed E-state index contributed by atoms with van der Waals surface area (Å²) in [5.41, 5.74) is 7.65. The minimum absolute atomic E-state index is 0. The molecule has 0 spiro atoms. The molecule has 0 bridgehead atoms. The van der Waals surface area contributed by atoms with Crippen LogP contribution in [0.1, 0.15) is 12.8 Å². The maximum absolute atomic E-state index is 5.64. The number of nitrogens with zero attached hydrogens (tertiary/aromatic N) is 1. The first kappa shape index (κ1) is 13.1. The maximum Gasteiger partial charge on any atom is 0.0343 e. The zero-order valence-corrected chi connectivity index (χ0v) is 10.5. The molecule has 1 heterocycles. The Morgan fingerprint density at radius 2 is 1.75 bits per heavy atom. The van der Waals surface area contributed by atoms with Crippen molar-refractivity contribution in [1.82, 2.24) is 4.90 Å². The van der Waals surface area contributed by atoms with Crippen LogP contribution >= 0.6 is 12.4 Å². The Morgan fingerprint density at radius 1 is 1.19 bits per heavy atom. The number of nitrogen functional groups attached to an aromatic ring is 1. The van der Waals surface area contributed by atoms with Crippen LogP contribution in [0.3, 0.4) is 0 Å². The van der Waals surface area contributed by atoms with E-state index < -0.39 is 0 Å². The number of benzene rings is 1. The van der Waals surface area contributed by atoms with Gasteiger partial charge in [-0.1, -0.05) is 0 Å². The number of nitrogens with one attached hydrogen (secondary N) is 1. The fourth-order valence-electron chi connectivity index (χ4n) is 1.97. The van der Waals surface area contributed by atoms with E-state index in [9.17, 15) is 0 Å². The Labute approximate surface area is 103 Å². The van der Waals surface area contributed by atoms with Gasteiger partial charge in [0, 0.05) is 17.4 Å². The van der Waals surface area contributed by atoms with E-state index in [0.717, 1.165) is 5.69 Å². The average Bonchev–Trinajstić information content (AvgIpc) is 2.25. The molecule has 0 amide bonds. The second-order valence-electron chi connectivity index (χ2n) is 4.34. The molecular weight excluding hydrogens is 222 g/mol. The first-order chi connectivity index (χ1) is 7.24. The first-order valence-corrected chi connectivity index (χ1v) is 5.54. The molecule has 1 aliphatic heterocycles. The molecule has 1 fully saturated rings. The Bertz CT molecular complexity index is 305. The highest BCUT2D eigenvalue weighted by Crippen LogP contribution is 2.16. The molecule has 1 aliphatic rings. The van der Waals surface area contributed by atoms with E-state index in [2.05, 4.69) is 17.3 Å². The van der Waals surface area contributed by atoms with E-state index in [1.807, 2.05) is 24.3 Å². The van der Waals surface area contributed by atoms with Gasteiger partial charge in [0.15, 0.2) is 0 Å². The molecule has 1 saturated heterocycles. The summed E-state index contributed by atoms with van der Waals surface area (Å²) in [5.74, 6) is 0. The van der Waals surface area contributed by atoms with E-state index in [0.29, 0.717) is 6.04 Å². The van der Waals surface area contributed by atoms with Crippen LogP contribution in [0.4, 0.5) is 11.4 Å². The van der Waals surface area contributed by atoms with Crippen LogP contribution in [0.25, 0.3) is 0 Å². The minimum atomic E-state index is 0. The number of piperidine rings is 1. The molecule has 0 unspecified atom stereocenters. The monoisotopic (exact) mass is 241 g/mol. The highest BCUT2D eigenvalue weighted by atomic mass is 35.5. The number of halogens is 1. The zero-order valence-electron chi connectivity index (χ0n) is 9.65. The lowest BCUT2D eigenvalue weighted by Crippen LogP contribution is -2.36. The maximum atomic E-state index is 5.64. The van der Waals surface area contributed by atoms with Crippen molar-refractivity contribution < 1.29 is 0 Å². The van der Waals surface area contributed by atoms with Crippen molar-refractivity contribution >= 4 is 23.8 Å². The third-order valence-corrected chi connectivity index (χ3v) is 3.00. The number of nitrogens with two attached hydrogens (primary N) is 1. The van der Waals surface area contributed by atoms with E-state index >= 15 is 0 Å². The van der Waals surface area contributed by atoms with Gasteiger partial charge in [-0.25, -0.2) is 0 Å². The van der Waals surface area contributed by atoms with Crippen molar-refractivity contribution in [2.45, 2.75) is 18.9 Å². The minimum Gasteiger partial charge on any atom is -0.399 e. The summed E-state index contributed by atoms with van der Waals surface area (Å²) >= 11 is 0. The molecule has 2 rings (SSSR count). The molecule has 0 aromatic heterocycles. The number of hydrogen-bond acceptors (Lipinski definition) is 3. The van der Waals surface area contributed by atoms with Crippen LogP contribution in [0.5, 0.6) is 0 Å². The van der Waals surface area contributed by atoms with Crippen molar-refractivity contribution in [2.75, 3.05) is 31.2 Å². The van der Waals surface area contributed by atoms with Crippen molar-refractivity contribution in [2.24, 2.45) is 0 Å². The van der Waals surface area contributed by atoms with Crippen LogP contribution < -0.4 is 11.1 Å². The Morgan fingerprint density at radius 3 is 2.31 bits per heavy atom. The number of likely N-dealkylation sites (tertiary alicyclic amines) is 1. The van der Waals surface area contributed by atoms with Gasteiger partial charge in [0.2, 0.25) is 0 Å². The largest absolute Gasteiger partial charge is 0.399 e. The quantitative estimate of drug-likeness (QED) is 0.780. The Hall–Kier alpha value is -0.930. The Balaban J connectivity index is 0.00000128. The molecule has 3 N–H and O–H groups in total. The smallest absolute Gasteiger partial charge is 0.0343 e. The predicted octanol–water partition coefficient (Wildman–Crippen LogP) is 2.20. The topological polar surface area (TPSA) is 41.3 Å².